The molecule has 0 unspecified atom stereocenters. The number of furan rings is 1. The van der Waals surface area contributed by atoms with Crippen LogP contribution in [0.4, 0.5) is 0 Å². The van der Waals surface area contributed by atoms with Gasteiger partial charge in [-0.15, -0.1) is 0 Å². The van der Waals surface area contributed by atoms with E-state index in [4.69, 9.17) is 13.9 Å². The van der Waals surface area contributed by atoms with Crippen molar-refractivity contribution >= 4 is 5.91 Å². The number of H-pyrrole nitrogens is 1. The Hall–Kier alpha value is -4.20. The van der Waals surface area contributed by atoms with Crippen LogP contribution in [0.25, 0.3) is 11.3 Å². The molecular formula is C27H27N3O5. The molecule has 8 heteroatoms. The van der Waals surface area contributed by atoms with E-state index < -0.39 is 6.04 Å². The van der Waals surface area contributed by atoms with E-state index in [9.17, 15) is 9.90 Å². The summed E-state index contributed by atoms with van der Waals surface area (Å²) in [6, 6.07) is 15.9. The van der Waals surface area contributed by atoms with Gasteiger partial charge >= 0.3 is 0 Å². The molecule has 0 radical (unpaired) electrons. The van der Waals surface area contributed by atoms with Crippen LogP contribution in [0.2, 0.25) is 0 Å². The minimum atomic E-state index is -0.476. The number of fused-ring (bicyclic) bond motifs is 1. The lowest BCUT2D eigenvalue weighted by atomic mass is 9.95. The molecule has 1 atom stereocenters. The van der Waals surface area contributed by atoms with Crippen LogP contribution in [-0.4, -0.2) is 39.3 Å². The number of phenolic OH excluding ortho intramolecular Hbond substituents is 1. The van der Waals surface area contributed by atoms with Crippen LogP contribution >= 0.6 is 0 Å². The molecule has 0 spiro atoms. The number of hydrogen-bond donors (Lipinski definition) is 2. The quantitative estimate of drug-likeness (QED) is 0.342. The summed E-state index contributed by atoms with van der Waals surface area (Å²) in [6.07, 6.45) is 2.47. The summed E-state index contributed by atoms with van der Waals surface area (Å²) >= 11 is 0. The predicted octanol–water partition coefficient (Wildman–Crippen LogP) is 5.31. The fourth-order valence-electron chi connectivity index (χ4n) is 4.45. The third kappa shape index (κ3) is 4.12. The zero-order valence-electron chi connectivity index (χ0n) is 19.7. The van der Waals surface area contributed by atoms with Gasteiger partial charge in [-0.3, -0.25) is 9.89 Å². The van der Waals surface area contributed by atoms with Crippen molar-refractivity contribution in [2.45, 2.75) is 32.9 Å². The van der Waals surface area contributed by atoms with Crippen molar-refractivity contribution in [3.8, 4) is 28.5 Å². The van der Waals surface area contributed by atoms with Gasteiger partial charge in [0, 0.05) is 11.1 Å². The lowest BCUT2D eigenvalue weighted by Gasteiger charge is -2.26. The number of hydrogen-bond acceptors (Lipinski definition) is 6. The first kappa shape index (κ1) is 22.6. The maximum atomic E-state index is 13.5. The van der Waals surface area contributed by atoms with Crippen molar-refractivity contribution in [3.63, 3.8) is 0 Å². The Morgan fingerprint density at radius 3 is 2.69 bits per heavy atom. The zero-order valence-corrected chi connectivity index (χ0v) is 19.7. The SMILES string of the molecule is CCCOc1ccc([C@@H]2c3c(-c4ccccc4O)n[nH]c3C(=O)N2Cc2ccco2)cc1OCC. The van der Waals surface area contributed by atoms with Gasteiger partial charge in [-0.05, 0) is 55.3 Å². The van der Waals surface area contributed by atoms with Crippen molar-refractivity contribution in [3.05, 3.63) is 83.4 Å². The number of nitrogens with zero attached hydrogens (tertiary/aromatic N) is 2. The number of benzene rings is 2. The summed E-state index contributed by atoms with van der Waals surface area (Å²) in [7, 11) is 0. The molecule has 0 bridgehead atoms. The van der Waals surface area contributed by atoms with Crippen LogP contribution in [0.5, 0.6) is 17.2 Å². The molecule has 1 aliphatic rings. The number of carbonyl (C=O) groups excluding carboxylic acids is 1. The molecule has 0 aliphatic carbocycles. The van der Waals surface area contributed by atoms with Crippen LogP contribution in [0, 0.1) is 0 Å². The average molecular weight is 474 g/mol. The summed E-state index contributed by atoms with van der Waals surface area (Å²) in [5, 5.41) is 17.9. The second-order valence-corrected chi connectivity index (χ2v) is 8.28. The highest BCUT2D eigenvalue weighted by atomic mass is 16.5. The molecular weight excluding hydrogens is 446 g/mol. The molecule has 5 rings (SSSR count). The fourth-order valence-corrected chi connectivity index (χ4v) is 4.45. The molecule has 35 heavy (non-hydrogen) atoms. The second kappa shape index (κ2) is 9.58. The first-order valence-corrected chi connectivity index (χ1v) is 11.7. The van der Waals surface area contributed by atoms with Crippen LogP contribution in [-0.2, 0) is 6.54 Å². The maximum absolute atomic E-state index is 13.5. The number of aromatic amines is 1. The van der Waals surface area contributed by atoms with Gasteiger partial charge in [0.05, 0.1) is 32.1 Å². The Balaban J connectivity index is 1.65. The number of rotatable bonds is 9. The highest BCUT2D eigenvalue weighted by Gasteiger charge is 2.43. The van der Waals surface area contributed by atoms with E-state index in [-0.39, 0.29) is 18.2 Å². The number of ether oxygens (including phenoxy) is 2. The highest BCUT2D eigenvalue weighted by Crippen LogP contribution is 2.46. The Bertz CT molecular complexity index is 1330. The zero-order chi connectivity index (χ0) is 24.4. The van der Waals surface area contributed by atoms with E-state index in [2.05, 4.69) is 10.2 Å². The van der Waals surface area contributed by atoms with Gasteiger partial charge in [0.25, 0.3) is 5.91 Å². The molecule has 0 saturated carbocycles. The number of para-hydroxylation sites is 1. The van der Waals surface area contributed by atoms with E-state index in [0.29, 0.717) is 53.0 Å². The molecule has 0 saturated heterocycles. The maximum Gasteiger partial charge on any atom is 0.273 e. The normalized spacial score (nSPS) is 14.9. The van der Waals surface area contributed by atoms with Crippen LogP contribution < -0.4 is 9.47 Å². The van der Waals surface area contributed by atoms with Crippen LogP contribution in [0.1, 0.15) is 53.7 Å². The van der Waals surface area contributed by atoms with E-state index >= 15 is 0 Å². The van der Waals surface area contributed by atoms with Crippen molar-refractivity contribution in [1.29, 1.82) is 0 Å². The molecule has 3 heterocycles. The van der Waals surface area contributed by atoms with Gasteiger partial charge in [0.1, 0.15) is 22.9 Å². The summed E-state index contributed by atoms with van der Waals surface area (Å²) in [4.78, 5) is 15.3. The van der Waals surface area contributed by atoms with Crippen molar-refractivity contribution in [2.24, 2.45) is 0 Å². The summed E-state index contributed by atoms with van der Waals surface area (Å²) in [5.41, 5.74) is 3.02. The monoisotopic (exact) mass is 473 g/mol. The highest BCUT2D eigenvalue weighted by molar-refractivity contribution is 6.00. The topological polar surface area (TPSA) is 101 Å². The minimum absolute atomic E-state index is 0.0933. The number of nitrogens with one attached hydrogen (secondary N) is 1. The molecule has 2 aromatic heterocycles. The molecule has 180 valence electrons. The first-order valence-electron chi connectivity index (χ1n) is 11.7. The molecule has 1 aliphatic heterocycles. The van der Waals surface area contributed by atoms with E-state index in [1.54, 1.807) is 35.4 Å². The standard InChI is InChI=1S/C27H27N3O5/c1-3-13-35-21-12-11-17(15-22(21)33-4-2)26-23-24(19-9-5-6-10-20(19)31)28-29-25(23)27(32)30(26)16-18-8-7-14-34-18/h5-12,14-15,26,31H,3-4,13,16H2,1-2H3,(H,28,29)/t26-/m1/s1. The molecule has 2 N–H and O–H groups in total. The van der Waals surface area contributed by atoms with Gasteiger partial charge in [-0.25, -0.2) is 0 Å². The first-order chi connectivity index (χ1) is 17.1. The third-order valence-corrected chi connectivity index (χ3v) is 5.97. The number of aromatic nitrogens is 2. The number of aromatic hydroxyl groups is 1. The Morgan fingerprint density at radius 2 is 1.94 bits per heavy atom. The van der Waals surface area contributed by atoms with Crippen molar-refractivity contribution in [2.75, 3.05) is 13.2 Å². The molecule has 2 aromatic carbocycles. The average Bonchev–Trinajstić information content (AvgIpc) is 3.59. The minimum Gasteiger partial charge on any atom is -0.507 e. The van der Waals surface area contributed by atoms with E-state index in [1.165, 1.54) is 0 Å². The lowest BCUT2D eigenvalue weighted by Crippen LogP contribution is -2.29. The van der Waals surface area contributed by atoms with Crippen LogP contribution in [0.15, 0.2) is 65.3 Å². The Labute approximate surface area is 203 Å². The van der Waals surface area contributed by atoms with E-state index in [1.807, 2.05) is 44.2 Å². The fraction of sp³-hybridized carbons (Fsp3) is 0.259. The van der Waals surface area contributed by atoms with Gasteiger partial charge in [-0.1, -0.05) is 25.1 Å². The third-order valence-electron chi connectivity index (χ3n) is 5.97. The second-order valence-electron chi connectivity index (χ2n) is 8.28. The molecule has 8 nitrogen and oxygen atoms in total. The van der Waals surface area contributed by atoms with Crippen LogP contribution in [0.3, 0.4) is 0 Å². The van der Waals surface area contributed by atoms with E-state index in [0.717, 1.165) is 12.0 Å². The van der Waals surface area contributed by atoms with Gasteiger partial charge in [0.15, 0.2) is 11.5 Å². The van der Waals surface area contributed by atoms with Gasteiger partial charge in [0.2, 0.25) is 0 Å². The number of carbonyl (C=O) groups is 1. The van der Waals surface area contributed by atoms with Gasteiger partial charge < -0.3 is 23.9 Å². The smallest absolute Gasteiger partial charge is 0.273 e. The lowest BCUT2D eigenvalue weighted by molar-refractivity contribution is 0.0716. The molecule has 1 amide bonds. The summed E-state index contributed by atoms with van der Waals surface area (Å²) in [5.74, 6) is 1.84. The Morgan fingerprint density at radius 1 is 1.09 bits per heavy atom. The largest absolute Gasteiger partial charge is 0.507 e. The number of phenols is 1. The van der Waals surface area contributed by atoms with Gasteiger partial charge in [-0.2, -0.15) is 5.10 Å². The predicted molar refractivity (Wildman–Crippen MR) is 130 cm³/mol. The molecule has 4 aromatic rings. The molecule has 0 fully saturated rings. The number of amides is 1. The van der Waals surface area contributed by atoms with Crippen molar-refractivity contribution in [1.82, 2.24) is 15.1 Å². The summed E-state index contributed by atoms with van der Waals surface area (Å²) in [6.45, 7) is 5.30. The Kier molecular flexibility index (Phi) is 6.18. The summed E-state index contributed by atoms with van der Waals surface area (Å²) < 4.78 is 17.3. The van der Waals surface area contributed by atoms with Crippen molar-refractivity contribution < 1.29 is 23.8 Å².